The van der Waals surface area contributed by atoms with E-state index in [1.807, 2.05) is 12.3 Å². The van der Waals surface area contributed by atoms with Crippen LogP contribution in [0.15, 0.2) is 103 Å². The summed E-state index contributed by atoms with van der Waals surface area (Å²) in [6.07, 6.45) is 1.89. The van der Waals surface area contributed by atoms with Gasteiger partial charge in [-0.05, 0) is 42.5 Å². The van der Waals surface area contributed by atoms with E-state index in [2.05, 4.69) is 105 Å². The highest BCUT2D eigenvalue weighted by Gasteiger charge is 2.39. The van der Waals surface area contributed by atoms with Crippen LogP contribution in [0.1, 0.15) is 5.56 Å². The Labute approximate surface area is 179 Å². The average Bonchev–Trinajstić information content (AvgIpc) is 3.46. The van der Waals surface area contributed by atoms with Crippen LogP contribution in [0, 0.1) is 0 Å². The first-order chi connectivity index (χ1) is 15.4. The molecule has 6 aromatic rings. The third-order valence-electron chi connectivity index (χ3n) is 6.24. The SMILES string of the molecule is c1ccc(-n2c3[n+](c4c5ncccc5n(-c5ccccc5)c42)Cc2ccccc2-3)cc1. The fourth-order valence-electron chi connectivity index (χ4n) is 4.99. The van der Waals surface area contributed by atoms with E-state index in [0.29, 0.717) is 0 Å². The van der Waals surface area contributed by atoms with E-state index in [0.717, 1.165) is 34.6 Å². The molecule has 7 rings (SSSR count). The molecule has 0 unspecified atom stereocenters. The van der Waals surface area contributed by atoms with Crippen molar-refractivity contribution in [3.8, 4) is 22.8 Å². The molecule has 0 amide bonds. The number of aromatic nitrogens is 4. The molecule has 0 atom stereocenters. The average molecular weight is 399 g/mol. The van der Waals surface area contributed by atoms with Gasteiger partial charge in [0.2, 0.25) is 5.52 Å². The predicted octanol–water partition coefficient (Wildman–Crippen LogP) is 5.29. The number of fused-ring (bicyclic) bond motifs is 7. The molecule has 4 heteroatoms. The van der Waals surface area contributed by atoms with Crippen molar-refractivity contribution < 1.29 is 4.57 Å². The number of rotatable bonds is 2. The number of hydrogen-bond donors (Lipinski definition) is 0. The minimum Gasteiger partial charge on any atom is -0.271 e. The molecule has 1 aliphatic heterocycles. The molecule has 0 fully saturated rings. The van der Waals surface area contributed by atoms with Gasteiger partial charge in [0.25, 0.3) is 11.5 Å². The summed E-state index contributed by atoms with van der Waals surface area (Å²) in [5, 5.41) is 0. The van der Waals surface area contributed by atoms with E-state index >= 15 is 0 Å². The molecule has 4 nitrogen and oxygen atoms in total. The van der Waals surface area contributed by atoms with Crippen molar-refractivity contribution in [1.29, 1.82) is 0 Å². The Balaban J connectivity index is 1.74. The van der Waals surface area contributed by atoms with Gasteiger partial charge in [0.1, 0.15) is 17.7 Å². The lowest BCUT2D eigenvalue weighted by molar-refractivity contribution is -0.645. The van der Waals surface area contributed by atoms with Gasteiger partial charge in [-0.15, -0.1) is 0 Å². The Hall–Kier alpha value is -4.18. The second-order valence-electron chi connectivity index (χ2n) is 7.95. The number of nitrogens with zero attached hydrogens (tertiary/aromatic N) is 4. The molecule has 4 heterocycles. The molecule has 3 aromatic carbocycles. The standard InChI is InChI=1S/C27H19N4/c1-3-11-20(12-4-1)30-23-16-9-17-28-24(23)25-27(30)31(21-13-5-2-6-14-21)26-22-15-8-7-10-19(22)18-29(25)26/h1-17H,18H2/q+1. The van der Waals surface area contributed by atoms with Gasteiger partial charge in [-0.1, -0.05) is 54.6 Å². The van der Waals surface area contributed by atoms with Gasteiger partial charge in [-0.25, -0.2) is 9.55 Å². The van der Waals surface area contributed by atoms with Crippen LogP contribution < -0.4 is 4.57 Å². The topological polar surface area (TPSA) is 26.6 Å². The molecule has 1 aliphatic rings. The first kappa shape index (κ1) is 16.6. The minimum absolute atomic E-state index is 0.853. The summed E-state index contributed by atoms with van der Waals surface area (Å²) in [4.78, 5) is 4.85. The highest BCUT2D eigenvalue weighted by molar-refractivity contribution is 6.03. The Morgan fingerprint density at radius 1 is 0.677 bits per heavy atom. The van der Waals surface area contributed by atoms with E-state index in [9.17, 15) is 0 Å². The minimum atomic E-state index is 0.853. The zero-order chi connectivity index (χ0) is 20.4. The monoisotopic (exact) mass is 399 g/mol. The summed E-state index contributed by atoms with van der Waals surface area (Å²) in [6, 6.07) is 34.1. The number of hydrogen-bond acceptors (Lipinski definition) is 1. The van der Waals surface area contributed by atoms with Crippen molar-refractivity contribution in [2.24, 2.45) is 0 Å². The van der Waals surface area contributed by atoms with E-state index in [1.54, 1.807) is 0 Å². The second kappa shape index (κ2) is 6.16. The van der Waals surface area contributed by atoms with Crippen LogP contribution in [0.5, 0.6) is 0 Å². The molecule has 0 radical (unpaired) electrons. The fraction of sp³-hybridized carbons (Fsp3) is 0.0370. The summed E-state index contributed by atoms with van der Waals surface area (Å²) in [5.74, 6) is 1.21. The number of imidazole rings is 1. The van der Waals surface area contributed by atoms with Gasteiger partial charge >= 0.3 is 0 Å². The maximum absolute atomic E-state index is 4.85. The Morgan fingerprint density at radius 3 is 2.13 bits per heavy atom. The molecule has 0 spiro atoms. The van der Waals surface area contributed by atoms with E-state index in [-0.39, 0.29) is 0 Å². The zero-order valence-corrected chi connectivity index (χ0v) is 16.8. The van der Waals surface area contributed by atoms with E-state index in [1.165, 1.54) is 22.5 Å². The highest BCUT2D eigenvalue weighted by Crippen LogP contribution is 2.38. The third kappa shape index (κ3) is 2.19. The predicted molar refractivity (Wildman–Crippen MR) is 123 cm³/mol. The zero-order valence-electron chi connectivity index (χ0n) is 16.8. The maximum Gasteiger partial charge on any atom is 0.297 e. The molecular weight excluding hydrogens is 380 g/mol. The Morgan fingerprint density at radius 2 is 1.35 bits per heavy atom. The van der Waals surface area contributed by atoms with Crippen LogP contribution in [-0.4, -0.2) is 14.1 Å². The van der Waals surface area contributed by atoms with Crippen molar-refractivity contribution in [2.45, 2.75) is 6.54 Å². The summed E-state index contributed by atoms with van der Waals surface area (Å²) in [6.45, 7) is 0.853. The van der Waals surface area contributed by atoms with Gasteiger partial charge in [-0.2, -0.15) is 4.57 Å². The van der Waals surface area contributed by atoms with Crippen LogP contribution in [0.3, 0.4) is 0 Å². The van der Waals surface area contributed by atoms with Gasteiger partial charge < -0.3 is 0 Å². The van der Waals surface area contributed by atoms with Gasteiger partial charge in [0, 0.05) is 17.4 Å². The quantitative estimate of drug-likeness (QED) is 0.363. The lowest BCUT2D eigenvalue weighted by Crippen LogP contribution is -2.31. The van der Waals surface area contributed by atoms with Crippen molar-refractivity contribution in [3.63, 3.8) is 0 Å². The molecule has 31 heavy (non-hydrogen) atoms. The van der Waals surface area contributed by atoms with Crippen molar-refractivity contribution >= 4 is 22.2 Å². The van der Waals surface area contributed by atoms with Gasteiger partial charge in [-0.3, -0.25) is 4.57 Å². The summed E-state index contributed by atoms with van der Waals surface area (Å²) in [7, 11) is 0. The lowest BCUT2D eigenvalue weighted by atomic mass is 10.1. The number of pyridine rings is 1. The van der Waals surface area contributed by atoms with Crippen molar-refractivity contribution in [1.82, 2.24) is 14.1 Å². The van der Waals surface area contributed by atoms with Crippen LogP contribution in [0.2, 0.25) is 0 Å². The number of para-hydroxylation sites is 2. The van der Waals surface area contributed by atoms with Crippen LogP contribution in [0.4, 0.5) is 0 Å². The molecule has 0 saturated carbocycles. The lowest BCUT2D eigenvalue weighted by Gasteiger charge is -2.08. The number of benzene rings is 3. The van der Waals surface area contributed by atoms with E-state index in [4.69, 9.17) is 4.98 Å². The molecular formula is C27H19N4+. The Bertz CT molecular complexity index is 1590. The maximum atomic E-state index is 4.85. The van der Waals surface area contributed by atoms with Crippen molar-refractivity contribution in [3.05, 3.63) is 109 Å². The van der Waals surface area contributed by atoms with Gasteiger partial charge in [0.15, 0.2) is 0 Å². The fourth-order valence-corrected chi connectivity index (χ4v) is 4.99. The van der Waals surface area contributed by atoms with Gasteiger partial charge in [0.05, 0.1) is 11.1 Å². The van der Waals surface area contributed by atoms with E-state index < -0.39 is 0 Å². The highest BCUT2D eigenvalue weighted by atomic mass is 15.3. The summed E-state index contributed by atoms with van der Waals surface area (Å²) >= 11 is 0. The van der Waals surface area contributed by atoms with Crippen LogP contribution in [0.25, 0.3) is 45.0 Å². The summed E-state index contributed by atoms with van der Waals surface area (Å²) < 4.78 is 7.18. The first-order valence-electron chi connectivity index (χ1n) is 10.5. The van der Waals surface area contributed by atoms with Crippen LogP contribution in [-0.2, 0) is 6.54 Å². The third-order valence-corrected chi connectivity index (χ3v) is 6.24. The Kier molecular flexibility index (Phi) is 3.30. The van der Waals surface area contributed by atoms with Crippen LogP contribution >= 0.6 is 0 Å². The summed E-state index contributed by atoms with van der Waals surface area (Å²) in [5.41, 5.74) is 9.40. The second-order valence-corrected chi connectivity index (χ2v) is 7.95. The molecule has 0 N–H and O–H groups in total. The molecule has 0 bridgehead atoms. The molecule has 3 aromatic heterocycles. The molecule has 146 valence electrons. The molecule has 0 aliphatic carbocycles. The smallest absolute Gasteiger partial charge is 0.271 e. The van der Waals surface area contributed by atoms with Crippen molar-refractivity contribution in [2.75, 3.05) is 0 Å². The molecule has 0 saturated heterocycles. The largest absolute Gasteiger partial charge is 0.297 e. The first-order valence-corrected chi connectivity index (χ1v) is 10.5. The normalized spacial score (nSPS) is 12.4.